The number of rotatable bonds is 5. The normalized spacial score (nSPS) is 11.4. The maximum absolute atomic E-state index is 12.3. The molecule has 1 heterocycles. The molecule has 3 rings (SSSR count). The zero-order valence-corrected chi connectivity index (χ0v) is 16.0. The average Bonchev–Trinajstić information content (AvgIpc) is 3.02. The molecule has 3 aromatic rings. The Balaban J connectivity index is 1.89. The van der Waals surface area contributed by atoms with Crippen LogP contribution < -0.4 is 10.5 Å². The second-order valence-corrected chi connectivity index (χ2v) is 7.78. The summed E-state index contributed by atoms with van der Waals surface area (Å²) in [6.45, 7) is 0. The predicted octanol–water partition coefficient (Wildman–Crippen LogP) is 2.40. The highest BCUT2D eigenvalue weighted by molar-refractivity contribution is 7.89. The van der Waals surface area contributed by atoms with Crippen LogP contribution in [0.15, 0.2) is 53.7 Å². The molecule has 2 aromatic carbocycles. The standard InChI is InChI=1S/C16H13Cl2N5O3S/c17-12-4-2-1-3-10(12)7-15(24)21-11-5-6-13(14(8-11)27(19,25)26)23-9-20-16(18)22-23/h1-6,8-9H,7H2,(H,21,24)(H2,19,25,26). The van der Waals surface area contributed by atoms with Gasteiger partial charge < -0.3 is 5.32 Å². The number of benzene rings is 2. The summed E-state index contributed by atoms with van der Waals surface area (Å²) >= 11 is 11.7. The van der Waals surface area contributed by atoms with Crippen LogP contribution in [0, 0.1) is 0 Å². The fraction of sp³-hybridized carbons (Fsp3) is 0.0625. The fourth-order valence-corrected chi connectivity index (χ4v) is 3.46. The van der Waals surface area contributed by atoms with Crippen molar-refractivity contribution < 1.29 is 13.2 Å². The van der Waals surface area contributed by atoms with Crippen LogP contribution in [0.2, 0.25) is 10.3 Å². The van der Waals surface area contributed by atoms with E-state index in [1.807, 2.05) is 0 Å². The third kappa shape index (κ3) is 4.64. The van der Waals surface area contributed by atoms with Crippen molar-refractivity contribution in [2.75, 3.05) is 5.32 Å². The number of halogens is 2. The van der Waals surface area contributed by atoms with E-state index in [-0.39, 0.29) is 33.9 Å². The van der Waals surface area contributed by atoms with Gasteiger partial charge in [0.05, 0.1) is 12.1 Å². The molecule has 0 radical (unpaired) electrons. The third-order valence-corrected chi connectivity index (χ3v) is 5.05. The molecule has 27 heavy (non-hydrogen) atoms. The molecule has 0 saturated carbocycles. The summed E-state index contributed by atoms with van der Waals surface area (Å²) in [6, 6.07) is 11.1. The minimum atomic E-state index is -4.10. The van der Waals surface area contributed by atoms with E-state index in [1.165, 1.54) is 29.2 Å². The first-order valence-corrected chi connectivity index (χ1v) is 9.82. The molecule has 11 heteroatoms. The molecule has 0 spiro atoms. The number of nitrogens with two attached hydrogens (primary N) is 1. The van der Waals surface area contributed by atoms with E-state index < -0.39 is 10.0 Å². The molecular formula is C16H13Cl2N5O3S. The number of hydrogen-bond acceptors (Lipinski definition) is 5. The van der Waals surface area contributed by atoms with Crippen LogP contribution in [0.1, 0.15) is 5.56 Å². The van der Waals surface area contributed by atoms with Gasteiger partial charge in [0.2, 0.25) is 21.2 Å². The SMILES string of the molecule is NS(=O)(=O)c1cc(NC(=O)Cc2ccccc2Cl)ccc1-n1cnc(Cl)n1. The van der Waals surface area contributed by atoms with Crippen LogP contribution in [-0.4, -0.2) is 29.1 Å². The van der Waals surface area contributed by atoms with Gasteiger partial charge in [-0.3, -0.25) is 4.79 Å². The van der Waals surface area contributed by atoms with Gasteiger partial charge in [-0.15, -0.1) is 5.10 Å². The highest BCUT2D eigenvalue weighted by Gasteiger charge is 2.18. The summed E-state index contributed by atoms with van der Waals surface area (Å²) in [5.41, 5.74) is 1.06. The lowest BCUT2D eigenvalue weighted by Crippen LogP contribution is -2.18. The fourth-order valence-electron chi connectivity index (χ4n) is 2.39. The number of primary sulfonamides is 1. The van der Waals surface area contributed by atoms with E-state index in [1.54, 1.807) is 24.3 Å². The van der Waals surface area contributed by atoms with Crippen LogP contribution in [0.25, 0.3) is 5.69 Å². The van der Waals surface area contributed by atoms with Crippen LogP contribution in [0.3, 0.4) is 0 Å². The smallest absolute Gasteiger partial charge is 0.242 e. The van der Waals surface area contributed by atoms with Crippen LogP contribution in [0.5, 0.6) is 0 Å². The van der Waals surface area contributed by atoms with E-state index >= 15 is 0 Å². The maximum atomic E-state index is 12.3. The van der Waals surface area contributed by atoms with Gasteiger partial charge in [0.15, 0.2) is 0 Å². The van der Waals surface area contributed by atoms with Crippen LogP contribution in [0.4, 0.5) is 5.69 Å². The Labute approximate surface area is 165 Å². The Morgan fingerprint density at radius 1 is 1.19 bits per heavy atom. The Kier molecular flexibility index (Phi) is 5.47. The number of hydrogen-bond donors (Lipinski definition) is 2. The Morgan fingerprint density at radius 3 is 2.56 bits per heavy atom. The van der Waals surface area contributed by atoms with Gasteiger partial charge in [0, 0.05) is 10.7 Å². The first-order valence-electron chi connectivity index (χ1n) is 7.51. The first kappa shape index (κ1) is 19.3. The van der Waals surface area contributed by atoms with E-state index in [0.29, 0.717) is 10.6 Å². The van der Waals surface area contributed by atoms with Crippen LogP contribution in [-0.2, 0) is 21.2 Å². The van der Waals surface area contributed by atoms with Gasteiger partial charge in [-0.25, -0.2) is 23.2 Å². The van der Waals surface area contributed by atoms with Gasteiger partial charge >= 0.3 is 0 Å². The maximum Gasteiger partial charge on any atom is 0.242 e. The number of aromatic nitrogens is 3. The molecule has 0 unspecified atom stereocenters. The minimum absolute atomic E-state index is 0.0326. The van der Waals surface area contributed by atoms with Crippen molar-refractivity contribution in [1.29, 1.82) is 0 Å². The molecule has 0 fully saturated rings. The third-order valence-electron chi connectivity index (χ3n) is 3.57. The quantitative estimate of drug-likeness (QED) is 0.649. The van der Waals surface area contributed by atoms with Crippen molar-refractivity contribution >= 4 is 44.8 Å². The first-order chi connectivity index (χ1) is 12.7. The van der Waals surface area contributed by atoms with E-state index in [4.69, 9.17) is 28.3 Å². The lowest BCUT2D eigenvalue weighted by molar-refractivity contribution is -0.115. The van der Waals surface area contributed by atoms with Crippen molar-refractivity contribution in [3.8, 4) is 5.69 Å². The van der Waals surface area contributed by atoms with Gasteiger partial charge in [-0.1, -0.05) is 29.8 Å². The van der Waals surface area contributed by atoms with Crippen molar-refractivity contribution in [2.24, 2.45) is 5.14 Å². The zero-order valence-electron chi connectivity index (χ0n) is 13.6. The molecule has 0 aliphatic carbocycles. The number of carbonyl (C=O) groups excluding carboxylic acids is 1. The molecule has 1 amide bonds. The largest absolute Gasteiger partial charge is 0.326 e. The average molecular weight is 426 g/mol. The van der Waals surface area contributed by atoms with Gasteiger partial charge in [-0.05, 0) is 41.4 Å². The molecule has 1 aromatic heterocycles. The zero-order chi connectivity index (χ0) is 19.6. The van der Waals surface area contributed by atoms with Gasteiger partial charge in [-0.2, -0.15) is 0 Å². The van der Waals surface area contributed by atoms with Crippen molar-refractivity contribution in [3.05, 3.63) is 64.7 Å². The van der Waals surface area contributed by atoms with E-state index in [2.05, 4.69) is 15.4 Å². The predicted molar refractivity (Wildman–Crippen MR) is 102 cm³/mol. The summed E-state index contributed by atoms with van der Waals surface area (Å²) < 4.78 is 25.1. The van der Waals surface area contributed by atoms with Gasteiger partial charge in [0.25, 0.3) is 0 Å². The molecule has 8 nitrogen and oxygen atoms in total. The number of amides is 1. The number of anilines is 1. The van der Waals surface area contributed by atoms with Crippen molar-refractivity contribution in [3.63, 3.8) is 0 Å². The number of carbonyl (C=O) groups is 1. The van der Waals surface area contributed by atoms with E-state index in [0.717, 1.165) is 0 Å². The van der Waals surface area contributed by atoms with Crippen molar-refractivity contribution in [1.82, 2.24) is 14.8 Å². The number of nitrogens with one attached hydrogen (secondary N) is 1. The molecule has 0 saturated heterocycles. The minimum Gasteiger partial charge on any atom is -0.326 e. The lowest BCUT2D eigenvalue weighted by atomic mass is 10.1. The molecule has 0 aliphatic rings. The molecule has 0 atom stereocenters. The Bertz CT molecular complexity index is 1110. The second-order valence-electron chi connectivity index (χ2n) is 5.50. The highest BCUT2D eigenvalue weighted by Crippen LogP contribution is 2.24. The summed E-state index contributed by atoms with van der Waals surface area (Å²) in [7, 11) is -4.10. The second kappa shape index (κ2) is 7.65. The van der Waals surface area contributed by atoms with Crippen molar-refractivity contribution in [2.45, 2.75) is 11.3 Å². The summed E-state index contributed by atoms with van der Waals surface area (Å²) in [4.78, 5) is 15.8. The summed E-state index contributed by atoms with van der Waals surface area (Å²) in [5.74, 6) is -0.361. The summed E-state index contributed by atoms with van der Waals surface area (Å²) in [6.07, 6.45) is 1.28. The molecular weight excluding hydrogens is 413 g/mol. The van der Waals surface area contributed by atoms with E-state index in [9.17, 15) is 13.2 Å². The lowest BCUT2D eigenvalue weighted by Gasteiger charge is -2.11. The molecule has 140 valence electrons. The number of nitrogens with zero attached hydrogens (tertiary/aromatic N) is 3. The molecule has 0 aliphatic heterocycles. The molecule has 3 N–H and O–H groups in total. The number of sulfonamides is 1. The highest BCUT2D eigenvalue weighted by atomic mass is 35.5. The molecule has 0 bridgehead atoms. The van der Waals surface area contributed by atoms with Crippen LogP contribution >= 0.6 is 23.2 Å². The monoisotopic (exact) mass is 425 g/mol. The Morgan fingerprint density at radius 2 is 1.93 bits per heavy atom. The van der Waals surface area contributed by atoms with Gasteiger partial charge in [0.1, 0.15) is 11.2 Å². The topological polar surface area (TPSA) is 120 Å². The summed E-state index contributed by atoms with van der Waals surface area (Å²) in [5, 5.41) is 12.2. The Hall–Kier alpha value is -2.46.